The van der Waals surface area contributed by atoms with Crippen molar-refractivity contribution in [3.05, 3.63) is 0 Å². The zero-order valence-corrected chi connectivity index (χ0v) is 10.3. The standard InChI is InChI=1S/C12H21NO3/c1-9-11(2,3)13(10(14)15)12(16-9)7-5-4-6-8-12/h9H,4-8H2,1-3H3,(H,14,15). The van der Waals surface area contributed by atoms with Gasteiger partial charge in [-0.05, 0) is 46.5 Å². The van der Waals surface area contributed by atoms with Crippen LogP contribution in [0.5, 0.6) is 0 Å². The van der Waals surface area contributed by atoms with Gasteiger partial charge >= 0.3 is 6.09 Å². The molecule has 2 aliphatic rings. The van der Waals surface area contributed by atoms with Crippen LogP contribution in [0.2, 0.25) is 0 Å². The molecular weight excluding hydrogens is 206 g/mol. The topological polar surface area (TPSA) is 49.8 Å². The van der Waals surface area contributed by atoms with Gasteiger partial charge in [-0.2, -0.15) is 0 Å². The molecule has 0 radical (unpaired) electrons. The lowest BCUT2D eigenvalue weighted by atomic mass is 9.88. The first-order valence-electron chi connectivity index (χ1n) is 6.11. The predicted octanol–water partition coefficient (Wildman–Crippen LogP) is 2.82. The maximum Gasteiger partial charge on any atom is 0.410 e. The Hall–Kier alpha value is -0.770. The van der Waals surface area contributed by atoms with Gasteiger partial charge in [-0.15, -0.1) is 0 Å². The summed E-state index contributed by atoms with van der Waals surface area (Å²) in [6.45, 7) is 5.88. The summed E-state index contributed by atoms with van der Waals surface area (Å²) in [5, 5.41) is 9.43. The third kappa shape index (κ3) is 1.51. The molecule has 2 fully saturated rings. The summed E-state index contributed by atoms with van der Waals surface area (Å²) in [5.41, 5.74) is -0.976. The first kappa shape index (κ1) is 11.7. The number of hydrogen-bond acceptors (Lipinski definition) is 2. The lowest BCUT2D eigenvalue weighted by Gasteiger charge is -2.42. The molecule has 16 heavy (non-hydrogen) atoms. The quantitative estimate of drug-likeness (QED) is 0.692. The molecule has 1 spiro atoms. The van der Waals surface area contributed by atoms with Crippen LogP contribution in [-0.2, 0) is 4.74 Å². The average Bonchev–Trinajstić information content (AvgIpc) is 2.34. The van der Waals surface area contributed by atoms with Crippen LogP contribution in [0.4, 0.5) is 4.79 Å². The number of carbonyl (C=O) groups is 1. The molecule has 1 heterocycles. The highest BCUT2D eigenvalue weighted by molar-refractivity contribution is 5.67. The molecule has 4 nitrogen and oxygen atoms in total. The van der Waals surface area contributed by atoms with E-state index in [2.05, 4.69) is 0 Å². The zero-order chi connectivity index (χ0) is 12.0. The van der Waals surface area contributed by atoms with E-state index < -0.39 is 17.4 Å². The van der Waals surface area contributed by atoms with Crippen molar-refractivity contribution in [3.63, 3.8) is 0 Å². The Balaban J connectivity index is 2.35. The summed E-state index contributed by atoms with van der Waals surface area (Å²) >= 11 is 0. The van der Waals surface area contributed by atoms with Crippen LogP contribution in [0, 0.1) is 0 Å². The van der Waals surface area contributed by atoms with Crippen LogP contribution < -0.4 is 0 Å². The van der Waals surface area contributed by atoms with Crippen molar-refractivity contribution in [2.75, 3.05) is 0 Å². The molecule has 0 aromatic heterocycles. The van der Waals surface area contributed by atoms with Gasteiger partial charge < -0.3 is 9.84 Å². The highest BCUT2D eigenvalue weighted by atomic mass is 16.6. The Morgan fingerprint density at radius 1 is 1.31 bits per heavy atom. The van der Waals surface area contributed by atoms with E-state index in [4.69, 9.17) is 4.74 Å². The maximum atomic E-state index is 11.5. The van der Waals surface area contributed by atoms with Crippen molar-refractivity contribution < 1.29 is 14.6 Å². The molecule has 1 amide bonds. The fourth-order valence-corrected chi connectivity index (χ4v) is 3.10. The van der Waals surface area contributed by atoms with Crippen molar-refractivity contribution >= 4 is 6.09 Å². The van der Waals surface area contributed by atoms with Crippen LogP contribution in [0.3, 0.4) is 0 Å². The SMILES string of the molecule is CC1OC2(CCCCC2)N(C(=O)O)C1(C)C. The highest BCUT2D eigenvalue weighted by Crippen LogP contribution is 2.47. The van der Waals surface area contributed by atoms with Gasteiger partial charge in [0.05, 0.1) is 11.6 Å². The van der Waals surface area contributed by atoms with Gasteiger partial charge in [0.2, 0.25) is 0 Å². The molecule has 1 aliphatic heterocycles. The van der Waals surface area contributed by atoms with Gasteiger partial charge in [0.25, 0.3) is 0 Å². The second kappa shape index (κ2) is 3.62. The Morgan fingerprint density at radius 3 is 2.38 bits per heavy atom. The predicted molar refractivity (Wildman–Crippen MR) is 60.3 cm³/mol. The summed E-state index contributed by atoms with van der Waals surface area (Å²) in [4.78, 5) is 13.0. The number of carboxylic acid groups (broad SMARTS) is 1. The molecule has 2 rings (SSSR count). The van der Waals surface area contributed by atoms with Gasteiger partial charge in [0, 0.05) is 0 Å². The number of rotatable bonds is 0. The van der Waals surface area contributed by atoms with E-state index in [1.165, 1.54) is 6.42 Å². The Bertz CT molecular complexity index is 295. The van der Waals surface area contributed by atoms with E-state index >= 15 is 0 Å². The number of nitrogens with zero attached hydrogens (tertiary/aromatic N) is 1. The Morgan fingerprint density at radius 2 is 1.88 bits per heavy atom. The largest absolute Gasteiger partial charge is 0.465 e. The van der Waals surface area contributed by atoms with Crippen molar-refractivity contribution in [1.29, 1.82) is 0 Å². The Kier molecular flexibility index (Phi) is 2.65. The second-order valence-corrected chi connectivity index (χ2v) is 5.54. The van der Waals surface area contributed by atoms with Gasteiger partial charge in [-0.1, -0.05) is 6.42 Å². The minimum absolute atomic E-state index is 0.0401. The van der Waals surface area contributed by atoms with Crippen LogP contribution in [0.1, 0.15) is 52.9 Å². The summed E-state index contributed by atoms with van der Waals surface area (Å²) in [6, 6.07) is 0. The molecule has 1 unspecified atom stereocenters. The lowest BCUT2D eigenvalue weighted by molar-refractivity contribution is -0.114. The van der Waals surface area contributed by atoms with Crippen LogP contribution in [-0.4, -0.2) is 33.5 Å². The van der Waals surface area contributed by atoms with Crippen LogP contribution in [0.25, 0.3) is 0 Å². The highest BCUT2D eigenvalue weighted by Gasteiger charge is 2.58. The van der Waals surface area contributed by atoms with Gasteiger partial charge in [0.15, 0.2) is 0 Å². The van der Waals surface area contributed by atoms with Crippen LogP contribution in [0.15, 0.2) is 0 Å². The molecule has 1 N–H and O–H groups in total. The third-order valence-electron chi connectivity index (χ3n) is 4.20. The smallest absolute Gasteiger partial charge is 0.410 e. The fraction of sp³-hybridized carbons (Fsp3) is 0.917. The van der Waals surface area contributed by atoms with E-state index in [0.29, 0.717) is 0 Å². The monoisotopic (exact) mass is 227 g/mol. The van der Waals surface area contributed by atoms with E-state index in [9.17, 15) is 9.90 Å². The zero-order valence-electron chi connectivity index (χ0n) is 10.3. The number of ether oxygens (including phenoxy) is 1. The van der Waals surface area contributed by atoms with Crippen molar-refractivity contribution in [2.45, 2.75) is 70.2 Å². The van der Waals surface area contributed by atoms with E-state index in [-0.39, 0.29) is 6.10 Å². The summed E-state index contributed by atoms with van der Waals surface area (Å²) < 4.78 is 6.02. The molecule has 4 heteroatoms. The molecule has 1 aliphatic carbocycles. The third-order valence-corrected chi connectivity index (χ3v) is 4.20. The molecule has 1 saturated heterocycles. The molecule has 1 saturated carbocycles. The number of amides is 1. The van der Waals surface area contributed by atoms with Crippen LogP contribution >= 0.6 is 0 Å². The van der Waals surface area contributed by atoms with Crippen molar-refractivity contribution in [3.8, 4) is 0 Å². The molecule has 0 aromatic rings. The normalized spacial score (nSPS) is 31.9. The minimum atomic E-state index is -0.851. The lowest BCUT2D eigenvalue weighted by Crippen LogP contribution is -2.56. The van der Waals surface area contributed by atoms with E-state index in [0.717, 1.165) is 25.7 Å². The molecule has 1 atom stereocenters. The molecule has 0 aromatic carbocycles. The summed E-state index contributed by atoms with van der Waals surface area (Å²) in [6.07, 6.45) is 4.10. The second-order valence-electron chi connectivity index (χ2n) is 5.54. The average molecular weight is 227 g/mol. The van der Waals surface area contributed by atoms with Gasteiger partial charge in [0.1, 0.15) is 5.72 Å². The minimum Gasteiger partial charge on any atom is -0.465 e. The summed E-state index contributed by atoms with van der Waals surface area (Å²) in [7, 11) is 0. The van der Waals surface area contributed by atoms with Crippen molar-refractivity contribution in [1.82, 2.24) is 4.90 Å². The Labute approximate surface area is 96.6 Å². The first-order chi connectivity index (χ1) is 7.40. The van der Waals surface area contributed by atoms with Gasteiger partial charge in [-0.25, -0.2) is 4.79 Å². The van der Waals surface area contributed by atoms with E-state index in [1.54, 1.807) is 4.90 Å². The van der Waals surface area contributed by atoms with Gasteiger partial charge in [-0.3, -0.25) is 4.90 Å². The first-order valence-corrected chi connectivity index (χ1v) is 6.11. The molecule has 92 valence electrons. The fourth-order valence-electron chi connectivity index (χ4n) is 3.10. The number of hydrogen-bond donors (Lipinski definition) is 1. The van der Waals surface area contributed by atoms with E-state index in [1.807, 2.05) is 20.8 Å². The van der Waals surface area contributed by atoms with Crippen molar-refractivity contribution in [2.24, 2.45) is 0 Å². The molecule has 0 bridgehead atoms. The summed E-state index contributed by atoms with van der Waals surface area (Å²) in [5.74, 6) is 0. The maximum absolute atomic E-state index is 11.5. The molecular formula is C12H21NO3.